The fourth-order valence-corrected chi connectivity index (χ4v) is 2.11. The third kappa shape index (κ3) is 3.38. The molecule has 0 bridgehead atoms. The third-order valence-corrected chi connectivity index (χ3v) is 3.29. The fraction of sp³-hybridized carbons (Fsp3) is 0.235. The predicted molar refractivity (Wildman–Crippen MR) is 84.4 cm³/mol. The van der Waals surface area contributed by atoms with Crippen molar-refractivity contribution in [3.8, 4) is 0 Å². The summed E-state index contributed by atoms with van der Waals surface area (Å²) in [4.78, 5) is 12.1. The van der Waals surface area contributed by atoms with Crippen LogP contribution >= 0.6 is 0 Å². The van der Waals surface area contributed by atoms with Crippen LogP contribution in [0.25, 0.3) is 0 Å². The fourth-order valence-electron chi connectivity index (χ4n) is 2.11. The average Bonchev–Trinajstić information content (AvgIpc) is 2.43. The second kappa shape index (κ2) is 6.24. The number of nitrogens with one attached hydrogen (secondary N) is 2. The van der Waals surface area contributed by atoms with Gasteiger partial charge < -0.3 is 10.6 Å². The van der Waals surface area contributed by atoms with Crippen LogP contribution in [0.4, 0.5) is 16.2 Å². The molecule has 0 aliphatic carbocycles. The van der Waals surface area contributed by atoms with Crippen molar-refractivity contribution < 1.29 is 4.79 Å². The molecule has 2 aromatic rings. The number of carbonyl (C=O) groups is 1. The number of urea groups is 1. The second-order valence-electron chi connectivity index (χ2n) is 4.91. The van der Waals surface area contributed by atoms with Crippen molar-refractivity contribution in [2.24, 2.45) is 0 Å². The van der Waals surface area contributed by atoms with Crippen molar-refractivity contribution in [2.45, 2.75) is 27.2 Å². The third-order valence-electron chi connectivity index (χ3n) is 3.29. The Kier molecular flexibility index (Phi) is 4.41. The minimum Gasteiger partial charge on any atom is -0.308 e. The summed E-state index contributed by atoms with van der Waals surface area (Å²) >= 11 is 0. The normalized spacial score (nSPS) is 10.2. The molecule has 104 valence electrons. The highest BCUT2D eigenvalue weighted by atomic mass is 16.2. The molecule has 0 aliphatic rings. The SMILES string of the molecule is CCc1cccc(C)c1NC(=O)Nc1ccc(C)cc1. The molecule has 2 aromatic carbocycles. The first kappa shape index (κ1) is 14.1. The maximum Gasteiger partial charge on any atom is 0.323 e. The van der Waals surface area contributed by atoms with Crippen LogP contribution in [0, 0.1) is 13.8 Å². The number of hydrogen-bond donors (Lipinski definition) is 2. The highest BCUT2D eigenvalue weighted by Crippen LogP contribution is 2.21. The minimum atomic E-state index is -0.210. The number of para-hydroxylation sites is 1. The van der Waals surface area contributed by atoms with E-state index in [2.05, 4.69) is 17.6 Å². The molecule has 0 saturated carbocycles. The van der Waals surface area contributed by atoms with E-state index in [-0.39, 0.29) is 6.03 Å². The first-order valence-corrected chi connectivity index (χ1v) is 6.83. The van der Waals surface area contributed by atoms with E-state index in [1.165, 1.54) is 5.56 Å². The summed E-state index contributed by atoms with van der Waals surface area (Å²) in [5.74, 6) is 0. The van der Waals surface area contributed by atoms with Crippen LogP contribution in [0.5, 0.6) is 0 Å². The quantitative estimate of drug-likeness (QED) is 0.844. The number of anilines is 2. The summed E-state index contributed by atoms with van der Waals surface area (Å²) in [5.41, 5.74) is 5.08. The van der Waals surface area contributed by atoms with E-state index in [4.69, 9.17) is 0 Å². The maximum atomic E-state index is 12.1. The number of hydrogen-bond acceptors (Lipinski definition) is 1. The monoisotopic (exact) mass is 268 g/mol. The van der Waals surface area contributed by atoms with Crippen molar-refractivity contribution in [3.63, 3.8) is 0 Å². The van der Waals surface area contributed by atoms with Gasteiger partial charge in [0.25, 0.3) is 0 Å². The molecule has 0 heterocycles. The summed E-state index contributed by atoms with van der Waals surface area (Å²) in [5, 5.41) is 5.79. The lowest BCUT2D eigenvalue weighted by Gasteiger charge is -2.13. The standard InChI is InChI=1S/C17H20N2O/c1-4-14-7-5-6-13(3)16(14)19-17(20)18-15-10-8-12(2)9-11-15/h5-11H,4H2,1-3H3,(H2,18,19,20). The van der Waals surface area contributed by atoms with Crippen LogP contribution in [0.15, 0.2) is 42.5 Å². The van der Waals surface area contributed by atoms with Gasteiger partial charge in [-0.25, -0.2) is 4.79 Å². The molecule has 2 amide bonds. The first-order valence-electron chi connectivity index (χ1n) is 6.83. The molecule has 0 spiro atoms. The zero-order valence-corrected chi connectivity index (χ0v) is 12.2. The molecule has 0 fully saturated rings. The lowest BCUT2D eigenvalue weighted by atomic mass is 10.1. The van der Waals surface area contributed by atoms with Gasteiger partial charge in [0.2, 0.25) is 0 Å². The van der Waals surface area contributed by atoms with Crippen LogP contribution < -0.4 is 10.6 Å². The molecule has 0 radical (unpaired) electrons. The van der Waals surface area contributed by atoms with Gasteiger partial charge in [0.05, 0.1) is 0 Å². The molecule has 0 aromatic heterocycles. The van der Waals surface area contributed by atoms with E-state index in [1.807, 2.05) is 56.3 Å². The van der Waals surface area contributed by atoms with Crippen LogP contribution in [0.3, 0.4) is 0 Å². The van der Waals surface area contributed by atoms with E-state index in [9.17, 15) is 4.79 Å². The molecule has 2 N–H and O–H groups in total. The Morgan fingerprint density at radius 2 is 1.70 bits per heavy atom. The smallest absolute Gasteiger partial charge is 0.308 e. The molecular formula is C17H20N2O. The van der Waals surface area contributed by atoms with Gasteiger partial charge in [0.15, 0.2) is 0 Å². The average molecular weight is 268 g/mol. The molecule has 0 aliphatic heterocycles. The Morgan fingerprint density at radius 3 is 2.35 bits per heavy atom. The number of carbonyl (C=O) groups excluding carboxylic acids is 1. The van der Waals surface area contributed by atoms with E-state index in [0.717, 1.165) is 28.9 Å². The Hall–Kier alpha value is -2.29. The van der Waals surface area contributed by atoms with Gasteiger partial charge in [0.1, 0.15) is 0 Å². The number of amides is 2. The van der Waals surface area contributed by atoms with E-state index in [1.54, 1.807) is 0 Å². The summed E-state index contributed by atoms with van der Waals surface area (Å²) in [6.45, 7) is 6.10. The van der Waals surface area contributed by atoms with Crippen LogP contribution in [0.2, 0.25) is 0 Å². The van der Waals surface area contributed by atoms with Gasteiger partial charge in [-0.15, -0.1) is 0 Å². The first-order chi connectivity index (χ1) is 9.60. The molecule has 20 heavy (non-hydrogen) atoms. The van der Waals surface area contributed by atoms with Gasteiger partial charge >= 0.3 is 6.03 Å². The molecule has 3 heteroatoms. The molecule has 3 nitrogen and oxygen atoms in total. The van der Waals surface area contributed by atoms with Crippen molar-refractivity contribution in [2.75, 3.05) is 10.6 Å². The van der Waals surface area contributed by atoms with Gasteiger partial charge in [-0.05, 0) is 43.5 Å². The predicted octanol–water partition coefficient (Wildman–Crippen LogP) is 4.51. The molecular weight excluding hydrogens is 248 g/mol. The molecule has 0 unspecified atom stereocenters. The van der Waals surface area contributed by atoms with E-state index < -0.39 is 0 Å². The Morgan fingerprint density at radius 1 is 1.00 bits per heavy atom. The maximum absolute atomic E-state index is 12.1. The summed E-state index contributed by atoms with van der Waals surface area (Å²) < 4.78 is 0. The van der Waals surface area contributed by atoms with Crippen molar-refractivity contribution in [1.29, 1.82) is 0 Å². The van der Waals surface area contributed by atoms with Gasteiger partial charge in [-0.1, -0.05) is 42.8 Å². The van der Waals surface area contributed by atoms with Crippen molar-refractivity contribution >= 4 is 17.4 Å². The number of benzene rings is 2. The lowest BCUT2D eigenvalue weighted by molar-refractivity contribution is 0.262. The van der Waals surface area contributed by atoms with Crippen LogP contribution in [-0.4, -0.2) is 6.03 Å². The van der Waals surface area contributed by atoms with Gasteiger partial charge in [0, 0.05) is 11.4 Å². The summed E-state index contributed by atoms with van der Waals surface area (Å²) in [7, 11) is 0. The van der Waals surface area contributed by atoms with E-state index in [0.29, 0.717) is 0 Å². The summed E-state index contributed by atoms with van der Waals surface area (Å²) in [6.07, 6.45) is 0.891. The number of rotatable bonds is 3. The van der Waals surface area contributed by atoms with Crippen molar-refractivity contribution in [3.05, 3.63) is 59.2 Å². The van der Waals surface area contributed by atoms with Gasteiger partial charge in [-0.2, -0.15) is 0 Å². The van der Waals surface area contributed by atoms with E-state index >= 15 is 0 Å². The molecule has 0 saturated heterocycles. The number of aryl methyl sites for hydroxylation is 3. The zero-order chi connectivity index (χ0) is 14.5. The van der Waals surface area contributed by atoms with Crippen molar-refractivity contribution in [1.82, 2.24) is 0 Å². The van der Waals surface area contributed by atoms with Crippen LogP contribution in [0.1, 0.15) is 23.6 Å². The Bertz CT molecular complexity index is 603. The van der Waals surface area contributed by atoms with Gasteiger partial charge in [-0.3, -0.25) is 0 Å². The molecule has 2 rings (SSSR count). The molecule has 0 atom stereocenters. The minimum absolute atomic E-state index is 0.210. The lowest BCUT2D eigenvalue weighted by Crippen LogP contribution is -2.20. The summed E-state index contributed by atoms with van der Waals surface area (Å²) in [6, 6.07) is 13.6. The topological polar surface area (TPSA) is 41.1 Å². The highest BCUT2D eigenvalue weighted by molar-refractivity contribution is 6.00. The second-order valence-corrected chi connectivity index (χ2v) is 4.91. The largest absolute Gasteiger partial charge is 0.323 e. The Labute approximate surface area is 120 Å². The highest BCUT2D eigenvalue weighted by Gasteiger charge is 2.08. The van der Waals surface area contributed by atoms with Crippen LogP contribution in [-0.2, 0) is 6.42 Å². The Balaban J connectivity index is 2.10. The zero-order valence-electron chi connectivity index (χ0n) is 12.2.